The molecule has 1 N–H and O–H groups in total. The standard InChI is InChI=1S/C18H24N2O2/c1-2-18(10-7-16(21)19-18)11-8-17(22)20-12-9-14-5-3-4-6-15(14)13-20/h3-6H,2,7-13H2,1H3,(H,19,21). The van der Waals surface area contributed by atoms with E-state index in [1.54, 1.807) is 0 Å². The van der Waals surface area contributed by atoms with Gasteiger partial charge in [-0.25, -0.2) is 0 Å². The van der Waals surface area contributed by atoms with Crippen LogP contribution in [0.25, 0.3) is 0 Å². The number of amides is 2. The molecule has 0 spiro atoms. The average molecular weight is 300 g/mol. The van der Waals surface area contributed by atoms with Crippen LogP contribution in [0.5, 0.6) is 0 Å². The molecule has 0 saturated carbocycles. The first-order chi connectivity index (χ1) is 10.6. The lowest BCUT2D eigenvalue weighted by Crippen LogP contribution is -2.43. The Labute approximate surface area is 131 Å². The molecule has 4 nitrogen and oxygen atoms in total. The smallest absolute Gasteiger partial charge is 0.222 e. The van der Waals surface area contributed by atoms with Crippen LogP contribution >= 0.6 is 0 Å². The molecular formula is C18H24N2O2. The normalized spacial score (nSPS) is 24.0. The molecule has 1 atom stereocenters. The first kappa shape index (κ1) is 15.1. The van der Waals surface area contributed by atoms with Crippen LogP contribution in [-0.4, -0.2) is 28.8 Å². The Morgan fingerprint density at radius 3 is 2.73 bits per heavy atom. The van der Waals surface area contributed by atoms with Crippen molar-refractivity contribution in [1.82, 2.24) is 10.2 Å². The molecule has 2 aliphatic heterocycles. The zero-order chi connectivity index (χ0) is 15.6. The lowest BCUT2D eigenvalue weighted by molar-refractivity contribution is -0.132. The molecule has 2 heterocycles. The number of fused-ring (bicyclic) bond motifs is 1. The van der Waals surface area contributed by atoms with E-state index in [1.807, 2.05) is 11.0 Å². The maximum atomic E-state index is 12.5. The van der Waals surface area contributed by atoms with Crippen molar-refractivity contribution in [2.24, 2.45) is 0 Å². The van der Waals surface area contributed by atoms with Gasteiger partial charge in [-0.2, -0.15) is 0 Å². The Morgan fingerprint density at radius 2 is 2.05 bits per heavy atom. The second-order valence-electron chi connectivity index (χ2n) is 6.52. The maximum absolute atomic E-state index is 12.5. The zero-order valence-corrected chi connectivity index (χ0v) is 13.2. The molecule has 0 aliphatic carbocycles. The minimum Gasteiger partial charge on any atom is -0.351 e. The number of hydrogen-bond donors (Lipinski definition) is 1. The number of nitrogens with one attached hydrogen (secondary N) is 1. The van der Waals surface area contributed by atoms with Crippen molar-refractivity contribution < 1.29 is 9.59 Å². The van der Waals surface area contributed by atoms with Gasteiger partial charge < -0.3 is 10.2 Å². The molecule has 2 amide bonds. The van der Waals surface area contributed by atoms with E-state index in [9.17, 15) is 9.59 Å². The summed E-state index contributed by atoms with van der Waals surface area (Å²) in [6.07, 6.45) is 4.58. The molecule has 1 unspecified atom stereocenters. The third-order valence-corrected chi connectivity index (χ3v) is 5.21. The maximum Gasteiger partial charge on any atom is 0.222 e. The molecule has 22 heavy (non-hydrogen) atoms. The van der Waals surface area contributed by atoms with Crippen molar-refractivity contribution in [2.75, 3.05) is 6.54 Å². The second-order valence-corrected chi connectivity index (χ2v) is 6.52. The van der Waals surface area contributed by atoms with Crippen LogP contribution < -0.4 is 5.32 Å². The van der Waals surface area contributed by atoms with E-state index in [0.717, 1.165) is 38.8 Å². The number of nitrogens with zero attached hydrogens (tertiary/aromatic N) is 1. The monoisotopic (exact) mass is 300 g/mol. The van der Waals surface area contributed by atoms with Gasteiger partial charge in [-0.05, 0) is 36.8 Å². The molecule has 1 aromatic carbocycles. The van der Waals surface area contributed by atoms with Gasteiger partial charge in [0, 0.05) is 31.5 Å². The van der Waals surface area contributed by atoms with E-state index in [1.165, 1.54) is 11.1 Å². The molecule has 3 rings (SSSR count). The predicted molar refractivity (Wildman–Crippen MR) is 85.2 cm³/mol. The van der Waals surface area contributed by atoms with Crippen molar-refractivity contribution in [1.29, 1.82) is 0 Å². The van der Waals surface area contributed by atoms with Gasteiger partial charge >= 0.3 is 0 Å². The van der Waals surface area contributed by atoms with Gasteiger partial charge in [0.2, 0.25) is 11.8 Å². The summed E-state index contributed by atoms with van der Waals surface area (Å²) in [6.45, 7) is 3.62. The zero-order valence-electron chi connectivity index (χ0n) is 13.2. The van der Waals surface area contributed by atoms with Gasteiger partial charge in [0.05, 0.1) is 0 Å². The fourth-order valence-corrected chi connectivity index (χ4v) is 3.62. The Kier molecular flexibility index (Phi) is 4.19. The van der Waals surface area contributed by atoms with Gasteiger partial charge in [-0.3, -0.25) is 9.59 Å². The molecule has 1 saturated heterocycles. The SMILES string of the molecule is CCC1(CCC(=O)N2CCc3ccccc3C2)CCC(=O)N1. The van der Waals surface area contributed by atoms with Crippen LogP contribution in [0.3, 0.4) is 0 Å². The lowest BCUT2D eigenvalue weighted by Gasteiger charge is -2.31. The number of benzene rings is 1. The Morgan fingerprint density at radius 1 is 1.27 bits per heavy atom. The molecule has 4 heteroatoms. The summed E-state index contributed by atoms with van der Waals surface area (Å²) >= 11 is 0. The topological polar surface area (TPSA) is 49.4 Å². The molecule has 118 valence electrons. The van der Waals surface area contributed by atoms with E-state index in [2.05, 4.69) is 30.4 Å². The summed E-state index contributed by atoms with van der Waals surface area (Å²) in [5.74, 6) is 0.338. The molecule has 0 bridgehead atoms. The highest BCUT2D eigenvalue weighted by Gasteiger charge is 2.36. The Hall–Kier alpha value is -1.84. The fraction of sp³-hybridized carbons (Fsp3) is 0.556. The Balaban J connectivity index is 1.58. The van der Waals surface area contributed by atoms with Crippen molar-refractivity contribution >= 4 is 11.8 Å². The fourth-order valence-electron chi connectivity index (χ4n) is 3.62. The minimum absolute atomic E-state index is 0.126. The summed E-state index contributed by atoms with van der Waals surface area (Å²) in [7, 11) is 0. The van der Waals surface area contributed by atoms with Crippen LogP contribution in [0.1, 0.15) is 50.2 Å². The molecule has 1 aromatic rings. The van der Waals surface area contributed by atoms with Gasteiger partial charge in [0.15, 0.2) is 0 Å². The summed E-state index contributed by atoms with van der Waals surface area (Å²) in [5, 5.41) is 3.08. The molecule has 0 aromatic heterocycles. The lowest BCUT2D eigenvalue weighted by atomic mass is 9.88. The number of hydrogen-bond acceptors (Lipinski definition) is 2. The van der Waals surface area contributed by atoms with Gasteiger partial charge in [0.1, 0.15) is 0 Å². The van der Waals surface area contributed by atoms with Gasteiger partial charge in [0.25, 0.3) is 0 Å². The van der Waals surface area contributed by atoms with Crippen molar-refractivity contribution in [3.63, 3.8) is 0 Å². The minimum atomic E-state index is -0.152. The number of rotatable bonds is 4. The van der Waals surface area contributed by atoms with Crippen molar-refractivity contribution in [3.8, 4) is 0 Å². The molecule has 2 aliphatic rings. The quantitative estimate of drug-likeness (QED) is 0.928. The molecule has 1 fully saturated rings. The van der Waals surface area contributed by atoms with Gasteiger partial charge in [-0.15, -0.1) is 0 Å². The summed E-state index contributed by atoms with van der Waals surface area (Å²) < 4.78 is 0. The van der Waals surface area contributed by atoms with Crippen LogP contribution in [0, 0.1) is 0 Å². The highest BCUT2D eigenvalue weighted by atomic mass is 16.2. The highest BCUT2D eigenvalue weighted by molar-refractivity contribution is 5.80. The van der Waals surface area contributed by atoms with E-state index in [0.29, 0.717) is 12.8 Å². The van der Waals surface area contributed by atoms with Crippen LogP contribution in [-0.2, 0) is 22.6 Å². The average Bonchev–Trinajstić information content (AvgIpc) is 2.94. The molecule has 0 radical (unpaired) electrons. The number of carbonyl (C=O) groups excluding carboxylic acids is 2. The third kappa shape index (κ3) is 3.01. The van der Waals surface area contributed by atoms with Crippen molar-refractivity contribution in [2.45, 2.75) is 57.5 Å². The second kappa shape index (κ2) is 6.11. The number of carbonyl (C=O) groups is 2. The predicted octanol–water partition coefficient (Wildman–Crippen LogP) is 2.41. The highest BCUT2D eigenvalue weighted by Crippen LogP contribution is 2.29. The third-order valence-electron chi connectivity index (χ3n) is 5.21. The summed E-state index contributed by atoms with van der Waals surface area (Å²) in [4.78, 5) is 26.0. The summed E-state index contributed by atoms with van der Waals surface area (Å²) in [5.41, 5.74) is 2.47. The first-order valence-corrected chi connectivity index (χ1v) is 8.27. The molecular weight excluding hydrogens is 276 g/mol. The van der Waals surface area contributed by atoms with Crippen LogP contribution in [0.15, 0.2) is 24.3 Å². The van der Waals surface area contributed by atoms with Crippen LogP contribution in [0.4, 0.5) is 0 Å². The van der Waals surface area contributed by atoms with E-state index in [-0.39, 0.29) is 17.4 Å². The van der Waals surface area contributed by atoms with Gasteiger partial charge in [-0.1, -0.05) is 31.2 Å². The van der Waals surface area contributed by atoms with Crippen molar-refractivity contribution in [3.05, 3.63) is 35.4 Å². The first-order valence-electron chi connectivity index (χ1n) is 8.27. The van der Waals surface area contributed by atoms with E-state index in [4.69, 9.17) is 0 Å². The van der Waals surface area contributed by atoms with Crippen LogP contribution in [0.2, 0.25) is 0 Å². The summed E-state index contributed by atoms with van der Waals surface area (Å²) in [6, 6.07) is 8.35. The largest absolute Gasteiger partial charge is 0.351 e. The van der Waals surface area contributed by atoms with E-state index >= 15 is 0 Å². The Bertz CT molecular complexity index is 584. The van der Waals surface area contributed by atoms with E-state index < -0.39 is 0 Å².